The molecule has 0 aromatic heterocycles. The van der Waals surface area contributed by atoms with Crippen LogP contribution in [-0.2, 0) is 13.6 Å². The molecule has 0 N–H and O–H groups in total. The van der Waals surface area contributed by atoms with Crippen LogP contribution in [-0.4, -0.2) is 6.86 Å². The van der Waals surface area contributed by atoms with E-state index < -0.39 is 15.1 Å². The van der Waals surface area contributed by atoms with Crippen LogP contribution in [0.5, 0.6) is 0 Å². The van der Waals surface area contributed by atoms with Crippen molar-refractivity contribution >= 4 is 8.25 Å². The van der Waals surface area contributed by atoms with Gasteiger partial charge in [0.25, 0.3) is 0 Å². The number of rotatable bonds is 4. The molecule has 0 aromatic rings. The van der Waals surface area contributed by atoms with Crippen molar-refractivity contribution in [2.45, 2.75) is 12.8 Å². The maximum Gasteiger partial charge on any atom is 0.378 e. The molecule has 0 aliphatic rings. The predicted octanol–water partition coefficient (Wildman–Crippen LogP) is 1.71. The molecule has 5 heteroatoms. The normalized spacial score (nSPS) is 10.7. The second-order valence-corrected chi connectivity index (χ2v) is 2.58. The number of alkyl halides is 1. The van der Waals surface area contributed by atoms with Crippen LogP contribution in [0.25, 0.3) is 0 Å². The van der Waals surface area contributed by atoms with Gasteiger partial charge in [-0.1, -0.05) is 5.92 Å². The van der Waals surface area contributed by atoms with Gasteiger partial charge in [0.1, 0.15) is 6.11 Å². The average molecular weight is 190 g/mol. The highest BCUT2D eigenvalue weighted by molar-refractivity contribution is 7.33. The Morgan fingerprint density at radius 3 is 2.83 bits per heavy atom. The predicted molar refractivity (Wildman–Crippen MR) is 43.0 cm³/mol. The van der Waals surface area contributed by atoms with Gasteiger partial charge in [-0.3, -0.25) is 4.52 Å². The topological polar surface area (TPSA) is 35.5 Å². The van der Waals surface area contributed by atoms with Crippen molar-refractivity contribution in [2.75, 3.05) is 6.86 Å². The van der Waals surface area contributed by atoms with Gasteiger partial charge in [-0.05, 0) is 0 Å². The van der Waals surface area contributed by atoms with Crippen LogP contribution >= 0.6 is 8.25 Å². The number of unbranched alkanes of at least 4 members (excludes halogenated alkanes) is 1. The van der Waals surface area contributed by atoms with Gasteiger partial charge in [0.2, 0.25) is 0 Å². The molecule has 0 saturated carbocycles. The van der Waals surface area contributed by atoms with Gasteiger partial charge in [-0.15, -0.1) is 12.3 Å². The summed E-state index contributed by atoms with van der Waals surface area (Å²) in [6.45, 7) is -1.14. The smallest absolute Gasteiger partial charge is 0.372 e. The van der Waals surface area contributed by atoms with E-state index in [1.54, 1.807) is 0 Å². The fourth-order valence-electron chi connectivity index (χ4n) is 0.337. The SMILES string of the molecule is C#CCCC#CO[PH](=O)OCF. The number of hydrogen-bond donors (Lipinski definition) is 0. The summed E-state index contributed by atoms with van der Waals surface area (Å²) >= 11 is 0. The molecule has 0 bridgehead atoms. The Bertz CT molecular complexity index is 235. The molecular weight excluding hydrogens is 182 g/mol. The molecule has 66 valence electrons. The summed E-state index contributed by atoms with van der Waals surface area (Å²) in [5, 5.41) is 0. The van der Waals surface area contributed by atoms with Gasteiger partial charge < -0.3 is 4.52 Å². The molecule has 0 amide bonds. The van der Waals surface area contributed by atoms with Crippen LogP contribution in [0.1, 0.15) is 12.8 Å². The van der Waals surface area contributed by atoms with Gasteiger partial charge in [0.05, 0.1) is 0 Å². The standard InChI is InChI=1S/C7H8FO3P/c1-2-3-4-5-6-10-12(9)11-7-8/h1,12H,3-4,7H2. The van der Waals surface area contributed by atoms with Gasteiger partial charge in [-0.2, -0.15) is 0 Å². The zero-order valence-electron chi connectivity index (χ0n) is 6.30. The van der Waals surface area contributed by atoms with Crippen LogP contribution in [0.15, 0.2) is 0 Å². The Labute approximate surface area is 71.2 Å². The summed E-state index contributed by atoms with van der Waals surface area (Å²) in [5.41, 5.74) is 0. The molecule has 0 aromatic carbocycles. The first-order valence-electron chi connectivity index (χ1n) is 3.12. The van der Waals surface area contributed by atoms with Crippen molar-refractivity contribution in [1.82, 2.24) is 0 Å². The van der Waals surface area contributed by atoms with Gasteiger partial charge in [0.15, 0.2) is 6.86 Å². The first kappa shape index (κ1) is 11.0. The minimum atomic E-state index is -2.78. The number of halogens is 1. The van der Waals surface area contributed by atoms with E-state index in [9.17, 15) is 8.96 Å². The zero-order valence-corrected chi connectivity index (χ0v) is 7.30. The minimum Gasteiger partial charge on any atom is -0.372 e. The largest absolute Gasteiger partial charge is 0.378 e. The molecule has 0 spiro atoms. The van der Waals surface area contributed by atoms with Crippen LogP contribution in [0, 0.1) is 24.4 Å². The highest BCUT2D eigenvalue weighted by atomic mass is 31.1. The van der Waals surface area contributed by atoms with Crippen LogP contribution < -0.4 is 0 Å². The first-order chi connectivity index (χ1) is 5.81. The van der Waals surface area contributed by atoms with Crippen molar-refractivity contribution in [3.63, 3.8) is 0 Å². The summed E-state index contributed by atoms with van der Waals surface area (Å²) in [7, 11) is -2.78. The molecule has 0 aliphatic heterocycles. The number of terminal acetylenes is 1. The van der Waals surface area contributed by atoms with E-state index in [1.807, 2.05) is 0 Å². The zero-order chi connectivity index (χ0) is 9.23. The Hall–Kier alpha value is -0.960. The number of hydrogen-bond acceptors (Lipinski definition) is 3. The second kappa shape index (κ2) is 8.14. The van der Waals surface area contributed by atoms with Gasteiger partial charge in [0, 0.05) is 12.8 Å². The van der Waals surface area contributed by atoms with Crippen molar-refractivity contribution in [3.8, 4) is 24.4 Å². The lowest BCUT2D eigenvalue weighted by Crippen LogP contribution is -1.76. The van der Waals surface area contributed by atoms with E-state index in [0.717, 1.165) is 0 Å². The van der Waals surface area contributed by atoms with Crippen molar-refractivity contribution in [3.05, 3.63) is 0 Å². The van der Waals surface area contributed by atoms with Gasteiger partial charge >= 0.3 is 8.25 Å². The fourth-order valence-corrected chi connectivity index (χ4v) is 0.641. The molecule has 3 nitrogen and oxygen atoms in total. The molecule has 0 radical (unpaired) electrons. The average Bonchev–Trinajstić information content (AvgIpc) is 2.05. The van der Waals surface area contributed by atoms with E-state index in [2.05, 4.69) is 27.0 Å². The van der Waals surface area contributed by atoms with E-state index in [0.29, 0.717) is 12.8 Å². The molecule has 0 aliphatic carbocycles. The van der Waals surface area contributed by atoms with Gasteiger partial charge in [-0.25, -0.2) is 8.96 Å². The van der Waals surface area contributed by atoms with Crippen LogP contribution in [0.3, 0.4) is 0 Å². The summed E-state index contributed by atoms with van der Waals surface area (Å²) < 4.78 is 30.0. The Morgan fingerprint density at radius 2 is 2.25 bits per heavy atom. The third kappa shape index (κ3) is 7.15. The molecule has 0 fully saturated rings. The highest BCUT2D eigenvalue weighted by Crippen LogP contribution is 2.22. The highest BCUT2D eigenvalue weighted by Gasteiger charge is 1.93. The van der Waals surface area contributed by atoms with Crippen molar-refractivity contribution in [2.24, 2.45) is 0 Å². The lowest BCUT2D eigenvalue weighted by Gasteiger charge is -1.93. The maximum absolute atomic E-state index is 11.3. The minimum absolute atomic E-state index is 0.460. The Balaban J connectivity index is 3.44. The molecular formula is C7H8FO3P. The Morgan fingerprint density at radius 1 is 1.50 bits per heavy atom. The molecule has 1 atom stereocenters. The molecule has 0 heterocycles. The van der Waals surface area contributed by atoms with E-state index >= 15 is 0 Å². The first-order valence-corrected chi connectivity index (χ1v) is 4.34. The van der Waals surface area contributed by atoms with Crippen molar-refractivity contribution < 1.29 is 18.0 Å². The van der Waals surface area contributed by atoms with E-state index in [4.69, 9.17) is 6.42 Å². The second-order valence-electron chi connectivity index (χ2n) is 1.59. The summed E-state index contributed by atoms with van der Waals surface area (Å²) in [5.74, 6) is 4.85. The quantitative estimate of drug-likeness (QED) is 0.384. The molecule has 1 unspecified atom stereocenters. The molecule has 0 saturated heterocycles. The summed E-state index contributed by atoms with van der Waals surface area (Å²) in [6.07, 6.45) is 7.99. The van der Waals surface area contributed by atoms with Crippen molar-refractivity contribution in [1.29, 1.82) is 0 Å². The van der Waals surface area contributed by atoms with E-state index in [-0.39, 0.29) is 0 Å². The lowest BCUT2D eigenvalue weighted by atomic mass is 10.3. The third-order valence-electron chi connectivity index (χ3n) is 0.773. The summed E-state index contributed by atoms with van der Waals surface area (Å²) in [4.78, 5) is 0. The third-order valence-corrected chi connectivity index (χ3v) is 1.39. The van der Waals surface area contributed by atoms with Crippen LogP contribution in [0.2, 0.25) is 0 Å². The molecule has 12 heavy (non-hydrogen) atoms. The molecule has 0 rings (SSSR count). The monoisotopic (exact) mass is 190 g/mol. The van der Waals surface area contributed by atoms with Crippen LogP contribution in [0.4, 0.5) is 4.39 Å². The lowest BCUT2D eigenvalue weighted by molar-refractivity contribution is 0.179. The maximum atomic E-state index is 11.3. The summed E-state index contributed by atoms with van der Waals surface area (Å²) in [6, 6.07) is 0. The Kier molecular flexibility index (Phi) is 7.49. The van der Waals surface area contributed by atoms with E-state index in [1.165, 1.54) is 0 Å². The fraction of sp³-hybridized carbons (Fsp3) is 0.429.